The minimum Gasteiger partial charge on any atom is -0.344 e. The second-order valence-corrected chi connectivity index (χ2v) is 9.52. The van der Waals surface area contributed by atoms with Crippen LogP contribution in [0.3, 0.4) is 0 Å². The second kappa shape index (κ2) is 9.11. The zero-order valence-corrected chi connectivity index (χ0v) is 18.0. The average Bonchev–Trinajstić information content (AvgIpc) is 3.08. The van der Waals surface area contributed by atoms with E-state index in [1.165, 1.54) is 73.2 Å². The number of nitrogens with zero attached hydrogens (tertiary/aromatic N) is 1. The van der Waals surface area contributed by atoms with E-state index in [2.05, 4.69) is 50.2 Å². The molecular formula is C23H34BrN3. The summed E-state index contributed by atoms with van der Waals surface area (Å²) >= 11 is 3.72. The second-order valence-electron chi connectivity index (χ2n) is 8.60. The standard InChI is InChI=1S/C23H34BrN3/c24-18-10-11-23-21(15-18)22(16-27(23)20-8-2-1-3-9-20)17-6-4-7-19(14-17)26-13-5-12-25/h10-11,15-17,19-20,26H,1-9,12-14,25H2. The van der Waals surface area contributed by atoms with Gasteiger partial charge in [0.1, 0.15) is 0 Å². The molecule has 4 heteroatoms. The third-order valence-corrected chi connectivity index (χ3v) is 7.22. The highest BCUT2D eigenvalue weighted by molar-refractivity contribution is 9.10. The third kappa shape index (κ3) is 4.44. The van der Waals surface area contributed by atoms with Crippen LogP contribution in [0.2, 0.25) is 0 Å². The fourth-order valence-electron chi connectivity index (χ4n) is 5.31. The van der Waals surface area contributed by atoms with Crippen LogP contribution in [0, 0.1) is 0 Å². The highest BCUT2D eigenvalue weighted by Crippen LogP contribution is 2.41. The SMILES string of the molecule is NCCCNC1CCCC(c2cn(C3CCCCC3)c3ccc(Br)cc23)C1. The lowest BCUT2D eigenvalue weighted by atomic mass is 9.81. The summed E-state index contributed by atoms with van der Waals surface area (Å²) in [5.41, 5.74) is 8.69. The van der Waals surface area contributed by atoms with Crippen LogP contribution in [0.15, 0.2) is 28.9 Å². The Kier molecular flexibility index (Phi) is 6.57. The summed E-state index contributed by atoms with van der Waals surface area (Å²) in [5.74, 6) is 0.677. The number of rotatable bonds is 6. The van der Waals surface area contributed by atoms with Crippen LogP contribution in [-0.4, -0.2) is 23.7 Å². The summed E-state index contributed by atoms with van der Waals surface area (Å²) in [7, 11) is 0. The van der Waals surface area contributed by atoms with Gasteiger partial charge in [-0.1, -0.05) is 41.6 Å². The molecule has 1 aromatic heterocycles. The van der Waals surface area contributed by atoms with Gasteiger partial charge in [0.15, 0.2) is 0 Å². The normalized spacial score (nSPS) is 24.5. The highest BCUT2D eigenvalue weighted by Gasteiger charge is 2.27. The molecule has 2 atom stereocenters. The van der Waals surface area contributed by atoms with Crippen molar-refractivity contribution in [1.29, 1.82) is 0 Å². The summed E-state index contributed by atoms with van der Waals surface area (Å²) in [4.78, 5) is 0. The Morgan fingerprint density at radius 2 is 1.93 bits per heavy atom. The summed E-state index contributed by atoms with van der Waals surface area (Å²) < 4.78 is 3.83. The predicted molar refractivity (Wildman–Crippen MR) is 118 cm³/mol. The Hall–Kier alpha value is -0.840. The summed E-state index contributed by atoms with van der Waals surface area (Å²) in [6.07, 6.45) is 15.7. The van der Waals surface area contributed by atoms with E-state index >= 15 is 0 Å². The number of aromatic nitrogens is 1. The summed E-state index contributed by atoms with van der Waals surface area (Å²) in [6.45, 7) is 1.84. The first-order valence-corrected chi connectivity index (χ1v) is 11.8. The lowest BCUT2D eigenvalue weighted by Gasteiger charge is -2.30. The van der Waals surface area contributed by atoms with E-state index in [0.29, 0.717) is 18.0 Å². The number of fused-ring (bicyclic) bond motifs is 1. The van der Waals surface area contributed by atoms with E-state index in [1.807, 2.05) is 0 Å². The smallest absolute Gasteiger partial charge is 0.0486 e. The number of benzene rings is 1. The van der Waals surface area contributed by atoms with Crippen LogP contribution in [0.5, 0.6) is 0 Å². The Morgan fingerprint density at radius 3 is 2.74 bits per heavy atom. The van der Waals surface area contributed by atoms with Crippen molar-refractivity contribution in [3.05, 3.63) is 34.4 Å². The van der Waals surface area contributed by atoms with Crippen molar-refractivity contribution < 1.29 is 0 Å². The third-order valence-electron chi connectivity index (χ3n) is 6.72. The van der Waals surface area contributed by atoms with Gasteiger partial charge in [-0.2, -0.15) is 0 Å². The van der Waals surface area contributed by atoms with Crippen LogP contribution in [0.1, 0.15) is 81.7 Å². The number of halogens is 1. The molecule has 2 aromatic rings. The van der Waals surface area contributed by atoms with Gasteiger partial charge in [0.05, 0.1) is 0 Å². The molecular weight excluding hydrogens is 398 g/mol. The Labute approximate surface area is 172 Å². The van der Waals surface area contributed by atoms with Crippen LogP contribution < -0.4 is 11.1 Å². The van der Waals surface area contributed by atoms with E-state index in [9.17, 15) is 0 Å². The zero-order valence-electron chi connectivity index (χ0n) is 16.4. The van der Waals surface area contributed by atoms with Crippen LogP contribution >= 0.6 is 15.9 Å². The molecule has 2 fully saturated rings. The van der Waals surface area contributed by atoms with Crippen molar-refractivity contribution in [1.82, 2.24) is 9.88 Å². The molecule has 2 aliphatic rings. The molecule has 0 saturated heterocycles. The number of hydrogen-bond donors (Lipinski definition) is 2. The van der Waals surface area contributed by atoms with E-state index in [1.54, 1.807) is 5.56 Å². The van der Waals surface area contributed by atoms with E-state index < -0.39 is 0 Å². The quantitative estimate of drug-likeness (QED) is 0.561. The van der Waals surface area contributed by atoms with Gasteiger partial charge < -0.3 is 15.6 Å². The van der Waals surface area contributed by atoms with Gasteiger partial charge in [-0.15, -0.1) is 0 Å². The van der Waals surface area contributed by atoms with Gasteiger partial charge in [0.2, 0.25) is 0 Å². The number of hydrogen-bond acceptors (Lipinski definition) is 2. The molecule has 3 N–H and O–H groups in total. The van der Waals surface area contributed by atoms with Gasteiger partial charge in [-0.05, 0) is 81.3 Å². The molecule has 1 aromatic carbocycles. The van der Waals surface area contributed by atoms with Crippen molar-refractivity contribution in [2.24, 2.45) is 5.73 Å². The minimum atomic E-state index is 0.649. The maximum atomic E-state index is 5.67. The van der Waals surface area contributed by atoms with Gasteiger partial charge in [-0.3, -0.25) is 0 Å². The molecule has 0 radical (unpaired) electrons. The predicted octanol–water partition coefficient (Wildman–Crippen LogP) is 5.87. The van der Waals surface area contributed by atoms with Gasteiger partial charge >= 0.3 is 0 Å². The molecule has 2 saturated carbocycles. The molecule has 148 valence electrons. The molecule has 27 heavy (non-hydrogen) atoms. The molecule has 0 spiro atoms. The highest BCUT2D eigenvalue weighted by atomic mass is 79.9. The van der Waals surface area contributed by atoms with Gasteiger partial charge in [0, 0.05) is 33.7 Å². The monoisotopic (exact) mass is 431 g/mol. The Bertz CT molecular complexity index is 747. The molecule has 3 nitrogen and oxygen atoms in total. The van der Waals surface area contributed by atoms with E-state index in [4.69, 9.17) is 5.73 Å². The van der Waals surface area contributed by atoms with Crippen molar-refractivity contribution in [3.8, 4) is 0 Å². The zero-order chi connectivity index (χ0) is 18.6. The van der Waals surface area contributed by atoms with Crippen molar-refractivity contribution in [2.45, 2.75) is 82.2 Å². The molecule has 2 unspecified atom stereocenters. The van der Waals surface area contributed by atoms with Gasteiger partial charge in [-0.25, -0.2) is 0 Å². The Balaban J connectivity index is 1.61. The summed E-state index contributed by atoms with van der Waals surface area (Å²) in [5, 5.41) is 5.23. The number of nitrogens with one attached hydrogen (secondary N) is 1. The first-order valence-electron chi connectivity index (χ1n) is 11.0. The first kappa shape index (κ1) is 19.5. The fraction of sp³-hybridized carbons (Fsp3) is 0.652. The largest absolute Gasteiger partial charge is 0.344 e. The lowest BCUT2D eigenvalue weighted by Crippen LogP contribution is -2.34. The van der Waals surface area contributed by atoms with Crippen LogP contribution in [0.25, 0.3) is 10.9 Å². The van der Waals surface area contributed by atoms with Crippen LogP contribution in [0.4, 0.5) is 0 Å². The average molecular weight is 432 g/mol. The minimum absolute atomic E-state index is 0.649. The van der Waals surface area contributed by atoms with Crippen molar-refractivity contribution in [2.75, 3.05) is 13.1 Å². The van der Waals surface area contributed by atoms with Crippen LogP contribution in [-0.2, 0) is 0 Å². The molecule has 0 aliphatic heterocycles. The Morgan fingerprint density at radius 1 is 1.07 bits per heavy atom. The van der Waals surface area contributed by atoms with E-state index in [0.717, 1.165) is 19.5 Å². The lowest BCUT2D eigenvalue weighted by molar-refractivity contribution is 0.337. The van der Waals surface area contributed by atoms with E-state index in [-0.39, 0.29) is 0 Å². The molecule has 4 rings (SSSR count). The fourth-order valence-corrected chi connectivity index (χ4v) is 5.67. The molecule has 0 bridgehead atoms. The molecule has 0 amide bonds. The number of nitrogens with two attached hydrogens (primary N) is 1. The first-order chi connectivity index (χ1) is 13.3. The van der Waals surface area contributed by atoms with Gasteiger partial charge in [0.25, 0.3) is 0 Å². The topological polar surface area (TPSA) is 43.0 Å². The van der Waals surface area contributed by atoms with Crippen molar-refractivity contribution in [3.63, 3.8) is 0 Å². The molecule has 1 heterocycles. The summed E-state index contributed by atoms with van der Waals surface area (Å²) in [6, 6.07) is 8.24. The molecule has 2 aliphatic carbocycles. The maximum Gasteiger partial charge on any atom is 0.0486 e. The maximum absolute atomic E-state index is 5.67. The van der Waals surface area contributed by atoms with Crippen molar-refractivity contribution >= 4 is 26.8 Å².